The van der Waals surface area contributed by atoms with Gasteiger partial charge in [0.2, 0.25) is 0 Å². The van der Waals surface area contributed by atoms with Crippen LogP contribution in [-0.4, -0.2) is 33.1 Å². The Bertz CT molecular complexity index is 893. The first-order chi connectivity index (χ1) is 12.4. The molecule has 11 heteroatoms. The van der Waals surface area contributed by atoms with Crippen LogP contribution in [0.1, 0.15) is 12.8 Å². The largest absolute Gasteiger partial charge is 0.364 e. The van der Waals surface area contributed by atoms with Crippen LogP contribution in [0.25, 0.3) is 0 Å². The number of benzene rings is 1. The fraction of sp³-hybridized carbons (Fsp3) is 0.312. The molecule has 1 saturated heterocycles. The van der Waals surface area contributed by atoms with E-state index in [1.165, 1.54) is 18.2 Å². The number of carbonyl (C=O) groups is 1. The summed E-state index contributed by atoms with van der Waals surface area (Å²) in [6.45, 7) is 0.342. The van der Waals surface area contributed by atoms with Crippen molar-refractivity contribution in [2.75, 3.05) is 16.6 Å². The first-order valence-electron chi connectivity index (χ1n) is 7.91. The quantitative estimate of drug-likeness (QED) is 0.645. The fourth-order valence-corrected chi connectivity index (χ4v) is 4.64. The van der Waals surface area contributed by atoms with Crippen LogP contribution in [0.15, 0.2) is 39.9 Å². The van der Waals surface area contributed by atoms with Crippen molar-refractivity contribution in [2.24, 2.45) is 5.73 Å². The monoisotopic (exact) mass is 435 g/mol. The zero-order valence-electron chi connectivity index (χ0n) is 14.1. The van der Waals surface area contributed by atoms with Crippen LogP contribution in [0.2, 0.25) is 0 Å². The van der Waals surface area contributed by atoms with Crippen molar-refractivity contribution in [3.63, 3.8) is 0 Å². The van der Waals surface area contributed by atoms with Gasteiger partial charge in [-0.05, 0) is 42.5 Å². The molecule has 0 saturated carbocycles. The number of ether oxygens (including phenoxy) is 1. The van der Waals surface area contributed by atoms with Crippen LogP contribution in [0, 0.1) is 5.82 Å². The highest BCUT2D eigenvalue weighted by molar-refractivity contribution is 7.94. The molecule has 3 rings (SSSR count). The van der Waals surface area contributed by atoms with E-state index in [9.17, 15) is 17.6 Å². The van der Waals surface area contributed by atoms with E-state index in [2.05, 4.69) is 10.0 Å². The zero-order chi connectivity index (χ0) is 18.7. The standard InChI is InChI=1S/C16H18FN3O4S2.ClH/c17-12-5-3-10(19-16(21)14-6-4-11(9-18)24-14)8-13(12)20-26(22,23)15-2-1-7-25-15;/h1-3,5,7-8,11,14,20H,4,6,9,18H2,(H,19,21);1H/t11-,14+;/m1./s1. The Kier molecular flexibility index (Phi) is 7.18. The summed E-state index contributed by atoms with van der Waals surface area (Å²) in [6.07, 6.45) is 0.475. The van der Waals surface area contributed by atoms with Crippen molar-refractivity contribution in [1.29, 1.82) is 0 Å². The van der Waals surface area contributed by atoms with E-state index in [-0.39, 0.29) is 40.0 Å². The number of rotatable bonds is 6. The lowest BCUT2D eigenvalue weighted by molar-refractivity contribution is -0.126. The van der Waals surface area contributed by atoms with Crippen molar-refractivity contribution in [3.05, 3.63) is 41.5 Å². The molecule has 1 aromatic heterocycles. The minimum absolute atomic E-state index is 0. The summed E-state index contributed by atoms with van der Waals surface area (Å²) in [5.74, 6) is -1.12. The van der Waals surface area contributed by atoms with Crippen LogP contribution >= 0.6 is 23.7 Å². The molecule has 0 aliphatic carbocycles. The number of nitrogens with two attached hydrogens (primary N) is 1. The van der Waals surface area contributed by atoms with Gasteiger partial charge in [-0.3, -0.25) is 9.52 Å². The average Bonchev–Trinajstić information content (AvgIpc) is 3.29. The predicted octanol–water partition coefficient (Wildman–Crippen LogP) is 2.55. The number of anilines is 2. The van der Waals surface area contributed by atoms with Gasteiger partial charge >= 0.3 is 0 Å². The number of hydrogen-bond acceptors (Lipinski definition) is 6. The molecule has 148 valence electrons. The highest BCUT2D eigenvalue weighted by Crippen LogP contribution is 2.26. The van der Waals surface area contributed by atoms with Crippen molar-refractivity contribution in [3.8, 4) is 0 Å². The Morgan fingerprint density at radius 1 is 1.33 bits per heavy atom. The van der Waals surface area contributed by atoms with Gasteiger partial charge in [-0.25, -0.2) is 12.8 Å². The molecule has 1 aliphatic rings. The number of halogens is 2. The van der Waals surface area contributed by atoms with Crippen molar-refractivity contribution < 1.29 is 22.3 Å². The Balaban J connectivity index is 0.00000261. The van der Waals surface area contributed by atoms with Crippen molar-refractivity contribution >= 4 is 51.0 Å². The first kappa shape index (κ1) is 21.6. The molecule has 0 spiro atoms. The summed E-state index contributed by atoms with van der Waals surface area (Å²) in [5.41, 5.74) is 5.54. The van der Waals surface area contributed by atoms with E-state index in [0.29, 0.717) is 19.4 Å². The van der Waals surface area contributed by atoms with Gasteiger partial charge in [0.15, 0.2) is 0 Å². The van der Waals surface area contributed by atoms with Gasteiger partial charge in [0.1, 0.15) is 16.1 Å². The SMILES string of the molecule is Cl.NC[C@H]1CC[C@@H](C(=O)Nc2ccc(F)c(NS(=O)(=O)c3cccs3)c2)O1. The van der Waals surface area contributed by atoms with Gasteiger partial charge in [-0.1, -0.05) is 6.07 Å². The molecule has 4 N–H and O–H groups in total. The third kappa shape index (κ3) is 5.17. The Labute approximate surface area is 166 Å². The molecule has 2 atom stereocenters. The maximum absolute atomic E-state index is 14.0. The maximum atomic E-state index is 14.0. The van der Waals surface area contributed by atoms with E-state index in [4.69, 9.17) is 10.5 Å². The normalized spacial score (nSPS) is 19.3. The minimum Gasteiger partial charge on any atom is -0.364 e. The van der Waals surface area contributed by atoms with Gasteiger partial charge in [-0.2, -0.15) is 0 Å². The topological polar surface area (TPSA) is 111 Å². The van der Waals surface area contributed by atoms with E-state index in [0.717, 1.165) is 17.4 Å². The molecule has 27 heavy (non-hydrogen) atoms. The Hall–Kier alpha value is -1.72. The molecule has 7 nitrogen and oxygen atoms in total. The lowest BCUT2D eigenvalue weighted by Crippen LogP contribution is -2.29. The number of carbonyl (C=O) groups excluding carboxylic acids is 1. The molecule has 1 aliphatic heterocycles. The summed E-state index contributed by atoms with van der Waals surface area (Å²) in [7, 11) is -3.89. The smallest absolute Gasteiger partial charge is 0.271 e. The summed E-state index contributed by atoms with van der Waals surface area (Å²) in [6, 6.07) is 6.67. The van der Waals surface area contributed by atoms with Gasteiger partial charge in [0.25, 0.3) is 15.9 Å². The number of sulfonamides is 1. The average molecular weight is 436 g/mol. The predicted molar refractivity (Wildman–Crippen MR) is 104 cm³/mol. The van der Waals surface area contributed by atoms with Crippen LogP contribution < -0.4 is 15.8 Å². The van der Waals surface area contributed by atoms with E-state index in [1.807, 2.05) is 0 Å². The van der Waals surface area contributed by atoms with Crippen LogP contribution in [0.4, 0.5) is 15.8 Å². The van der Waals surface area contributed by atoms with Gasteiger partial charge < -0.3 is 15.8 Å². The van der Waals surface area contributed by atoms with Crippen LogP contribution in [0.3, 0.4) is 0 Å². The number of nitrogens with one attached hydrogen (secondary N) is 2. The molecule has 1 aromatic carbocycles. The second-order valence-corrected chi connectivity index (χ2v) is 8.64. The summed E-state index contributed by atoms with van der Waals surface area (Å²) < 4.78 is 46.3. The second-order valence-electron chi connectivity index (χ2n) is 5.78. The molecule has 1 fully saturated rings. The Morgan fingerprint density at radius 2 is 2.11 bits per heavy atom. The van der Waals surface area contributed by atoms with E-state index >= 15 is 0 Å². The van der Waals surface area contributed by atoms with Crippen molar-refractivity contribution in [1.82, 2.24) is 0 Å². The fourth-order valence-electron chi connectivity index (χ4n) is 2.59. The third-order valence-electron chi connectivity index (χ3n) is 3.90. The molecule has 0 radical (unpaired) electrons. The summed E-state index contributed by atoms with van der Waals surface area (Å²) in [5, 5.41) is 4.22. The lowest BCUT2D eigenvalue weighted by atomic mass is 10.2. The minimum atomic E-state index is -3.89. The highest BCUT2D eigenvalue weighted by atomic mass is 35.5. The zero-order valence-corrected chi connectivity index (χ0v) is 16.5. The van der Waals surface area contributed by atoms with Gasteiger partial charge in [-0.15, -0.1) is 23.7 Å². The summed E-state index contributed by atoms with van der Waals surface area (Å²) in [4.78, 5) is 12.2. The third-order valence-corrected chi connectivity index (χ3v) is 6.66. The van der Waals surface area contributed by atoms with Crippen molar-refractivity contribution in [2.45, 2.75) is 29.3 Å². The first-order valence-corrected chi connectivity index (χ1v) is 10.3. The maximum Gasteiger partial charge on any atom is 0.271 e. The highest BCUT2D eigenvalue weighted by Gasteiger charge is 2.30. The van der Waals surface area contributed by atoms with Gasteiger partial charge in [0.05, 0.1) is 11.8 Å². The Morgan fingerprint density at radius 3 is 2.74 bits per heavy atom. The molecular formula is C16H19ClFN3O4S2. The van der Waals surface area contributed by atoms with E-state index in [1.54, 1.807) is 11.4 Å². The number of amides is 1. The lowest BCUT2D eigenvalue weighted by Gasteiger charge is -2.14. The van der Waals surface area contributed by atoms with Gasteiger partial charge in [0, 0.05) is 12.2 Å². The second kappa shape index (κ2) is 8.98. The number of hydrogen-bond donors (Lipinski definition) is 3. The van der Waals surface area contributed by atoms with Crippen LogP contribution in [-0.2, 0) is 19.6 Å². The summed E-state index contributed by atoms with van der Waals surface area (Å²) >= 11 is 1.02. The number of thiophene rings is 1. The molecule has 2 heterocycles. The van der Waals surface area contributed by atoms with E-state index < -0.39 is 21.9 Å². The molecule has 0 bridgehead atoms. The molecule has 0 unspecified atom stereocenters. The molecule has 2 aromatic rings. The molecular weight excluding hydrogens is 417 g/mol. The van der Waals surface area contributed by atoms with Crippen LogP contribution in [0.5, 0.6) is 0 Å². The molecule has 1 amide bonds.